The molecule has 0 saturated heterocycles. The zero-order valence-electron chi connectivity index (χ0n) is 10.6. The van der Waals surface area contributed by atoms with Crippen LogP contribution >= 0.6 is 0 Å². The molecule has 7 heteroatoms. The first-order valence-corrected chi connectivity index (χ1v) is 5.33. The first kappa shape index (κ1) is 12.2. The summed E-state index contributed by atoms with van der Waals surface area (Å²) in [5, 5.41) is 13.8. The van der Waals surface area contributed by atoms with Gasteiger partial charge in [0.25, 0.3) is 5.56 Å². The van der Waals surface area contributed by atoms with Gasteiger partial charge in [0.1, 0.15) is 5.56 Å². The lowest BCUT2D eigenvalue weighted by atomic mass is 10.2. The number of aromatic hydroxyl groups is 1. The molecule has 2 rings (SSSR count). The monoisotopic (exact) mass is 250 g/mol. The molecular formula is C11H14N4O3. The molecular weight excluding hydrogens is 236 g/mol. The van der Waals surface area contributed by atoms with Crippen molar-refractivity contribution in [3.05, 3.63) is 21.6 Å². The highest BCUT2D eigenvalue weighted by molar-refractivity contribution is 5.65. The number of hydrogen-bond donors (Lipinski definition) is 2. The Morgan fingerprint density at radius 1 is 1.39 bits per heavy atom. The molecule has 0 fully saturated rings. The second kappa shape index (κ2) is 4.17. The molecule has 96 valence electrons. The van der Waals surface area contributed by atoms with Gasteiger partial charge in [-0.25, -0.2) is 4.68 Å². The molecule has 2 aromatic heterocycles. The third kappa shape index (κ3) is 1.73. The van der Waals surface area contributed by atoms with E-state index < -0.39 is 0 Å². The van der Waals surface area contributed by atoms with Crippen molar-refractivity contribution in [1.82, 2.24) is 19.7 Å². The van der Waals surface area contributed by atoms with Gasteiger partial charge < -0.3 is 14.8 Å². The van der Waals surface area contributed by atoms with Gasteiger partial charge in [0.15, 0.2) is 5.82 Å². The van der Waals surface area contributed by atoms with Crippen LogP contribution in [0.3, 0.4) is 0 Å². The number of H-pyrrole nitrogens is 1. The molecule has 0 aromatic carbocycles. The Balaban J connectivity index is 2.73. The third-order valence-electron chi connectivity index (χ3n) is 2.73. The van der Waals surface area contributed by atoms with E-state index in [-0.39, 0.29) is 22.8 Å². The van der Waals surface area contributed by atoms with Crippen LogP contribution in [0.15, 0.2) is 4.79 Å². The van der Waals surface area contributed by atoms with Crippen LogP contribution in [0.4, 0.5) is 0 Å². The summed E-state index contributed by atoms with van der Waals surface area (Å²) in [6.45, 7) is 3.27. The lowest BCUT2D eigenvalue weighted by Crippen LogP contribution is -2.12. The summed E-state index contributed by atoms with van der Waals surface area (Å²) in [6.07, 6.45) is 0. The molecule has 2 N–H and O–H groups in total. The van der Waals surface area contributed by atoms with Gasteiger partial charge in [0, 0.05) is 7.05 Å². The SMILES string of the molecule is COc1c(-c2nc(O)c(C)c(=O)[nH]2)c(C)nn1C. The summed E-state index contributed by atoms with van der Waals surface area (Å²) in [5.41, 5.74) is 1.01. The van der Waals surface area contributed by atoms with Crippen LogP contribution in [0.25, 0.3) is 11.4 Å². The number of nitrogens with zero attached hydrogens (tertiary/aromatic N) is 3. The van der Waals surface area contributed by atoms with E-state index in [2.05, 4.69) is 15.1 Å². The molecule has 18 heavy (non-hydrogen) atoms. The zero-order valence-corrected chi connectivity index (χ0v) is 10.6. The molecule has 0 unspecified atom stereocenters. The molecule has 0 atom stereocenters. The normalized spacial score (nSPS) is 10.7. The van der Waals surface area contributed by atoms with Crippen molar-refractivity contribution >= 4 is 0 Å². The van der Waals surface area contributed by atoms with Gasteiger partial charge in [-0.05, 0) is 13.8 Å². The van der Waals surface area contributed by atoms with Crippen molar-refractivity contribution in [2.75, 3.05) is 7.11 Å². The highest BCUT2D eigenvalue weighted by Gasteiger charge is 2.19. The number of methoxy groups -OCH3 is 1. The van der Waals surface area contributed by atoms with Crippen molar-refractivity contribution in [2.24, 2.45) is 7.05 Å². The Hall–Kier alpha value is -2.31. The number of aromatic nitrogens is 4. The van der Waals surface area contributed by atoms with E-state index in [0.29, 0.717) is 17.1 Å². The van der Waals surface area contributed by atoms with E-state index in [1.165, 1.54) is 14.0 Å². The van der Waals surface area contributed by atoms with Crippen LogP contribution in [-0.4, -0.2) is 32.0 Å². The minimum atomic E-state index is -0.386. The van der Waals surface area contributed by atoms with Gasteiger partial charge in [0.05, 0.1) is 18.4 Å². The minimum absolute atomic E-state index is 0.180. The molecule has 0 radical (unpaired) electrons. The fourth-order valence-electron chi connectivity index (χ4n) is 1.78. The predicted octanol–water partition coefficient (Wildman–Crippen LogP) is 0.501. The Morgan fingerprint density at radius 3 is 2.61 bits per heavy atom. The molecule has 0 saturated carbocycles. The van der Waals surface area contributed by atoms with E-state index in [4.69, 9.17) is 4.74 Å². The van der Waals surface area contributed by atoms with Crippen LogP contribution in [0.1, 0.15) is 11.3 Å². The Bertz CT molecular complexity index is 657. The number of aromatic amines is 1. The number of hydrogen-bond acceptors (Lipinski definition) is 5. The predicted molar refractivity (Wildman–Crippen MR) is 64.8 cm³/mol. The molecule has 0 aliphatic rings. The third-order valence-corrected chi connectivity index (χ3v) is 2.73. The standard InChI is InChI=1S/C11H14N4O3/c1-5-9(16)12-8(13-10(5)17)7-6(2)14-15(3)11(7)18-4/h1-4H3,(H2,12,13,16,17). The molecule has 2 heterocycles. The lowest BCUT2D eigenvalue weighted by Gasteiger charge is -2.05. The van der Waals surface area contributed by atoms with E-state index in [0.717, 1.165) is 0 Å². The highest BCUT2D eigenvalue weighted by Crippen LogP contribution is 2.30. The largest absolute Gasteiger partial charge is 0.493 e. The summed E-state index contributed by atoms with van der Waals surface area (Å²) in [4.78, 5) is 18.2. The molecule has 2 aromatic rings. The van der Waals surface area contributed by atoms with Crippen LogP contribution in [-0.2, 0) is 7.05 Å². The second-order valence-corrected chi connectivity index (χ2v) is 3.96. The van der Waals surface area contributed by atoms with E-state index in [9.17, 15) is 9.90 Å². The Kier molecular flexibility index (Phi) is 2.82. The van der Waals surface area contributed by atoms with E-state index in [1.54, 1.807) is 18.7 Å². The number of aryl methyl sites for hydroxylation is 2. The summed E-state index contributed by atoms with van der Waals surface area (Å²) in [7, 11) is 3.23. The molecule has 0 spiro atoms. The summed E-state index contributed by atoms with van der Waals surface area (Å²) in [5.74, 6) is 0.420. The average Bonchev–Trinajstić information content (AvgIpc) is 2.59. The van der Waals surface area contributed by atoms with Gasteiger partial charge in [-0.1, -0.05) is 0 Å². The summed E-state index contributed by atoms with van der Waals surface area (Å²) >= 11 is 0. The van der Waals surface area contributed by atoms with Gasteiger partial charge >= 0.3 is 0 Å². The maximum atomic E-state index is 11.6. The van der Waals surface area contributed by atoms with Crippen molar-refractivity contribution in [2.45, 2.75) is 13.8 Å². The van der Waals surface area contributed by atoms with Gasteiger partial charge in [-0.2, -0.15) is 10.1 Å². The maximum Gasteiger partial charge on any atom is 0.257 e. The zero-order chi connectivity index (χ0) is 13.4. The fraction of sp³-hybridized carbons (Fsp3) is 0.364. The van der Waals surface area contributed by atoms with Crippen LogP contribution in [0.2, 0.25) is 0 Å². The average molecular weight is 250 g/mol. The number of nitrogens with one attached hydrogen (secondary N) is 1. The van der Waals surface area contributed by atoms with Crippen LogP contribution in [0.5, 0.6) is 11.8 Å². The molecule has 0 bridgehead atoms. The smallest absolute Gasteiger partial charge is 0.257 e. The maximum absolute atomic E-state index is 11.6. The topological polar surface area (TPSA) is 93.0 Å². The summed E-state index contributed by atoms with van der Waals surface area (Å²) < 4.78 is 6.76. The van der Waals surface area contributed by atoms with E-state index in [1.807, 2.05) is 0 Å². The molecule has 0 aliphatic heterocycles. The highest BCUT2D eigenvalue weighted by atomic mass is 16.5. The first-order valence-electron chi connectivity index (χ1n) is 5.33. The Morgan fingerprint density at radius 2 is 2.06 bits per heavy atom. The van der Waals surface area contributed by atoms with Crippen molar-refractivity contribution in [1.29, 1.82) is 0 Å². The lowest BCUT2D eigenvalue weighted by molar-refractivity contribution is 0.374. The number of rotatable bonds is 2. The molecule has 7 nitrogen and oxygen atoms in total. The molecule has 0 amide bonds. The van der Waals surface area contributed by atoms with Crippen LogP contribution < -0.4 is 10.3 Å². The Labute approximate surface area is 103 Å². The van der Waals surface area contributed by atoms with Crippen molar-refractivity contribution in [3.63, 3.8) is 0 Å². The first-order chi connectivity index (χ1) is 8.45. The molecule has 0 aliphatic carbocycles. The van der Waals surface area contributed by atoms with Gasteiger partial charge in [-0.15, -0.1) is 0 Å². The van der Waals surface area contributed by atoms with Crippen molar-refractivity contribution < 1.29 is 9.84 Å². The minimum Gasteiger partial charge on any atom is -0.493 e. The van der Waals surface area contributed by atoms with Crippen LogP contribution in [0, 0.1) is 13.8 Å². The quantitative estimate of drug-likeness (QED) is 0.809. The summed E-state index contributed by atoms with van der Waals surface area (Å²) in [6, 6.07) is 0. The fourth-order valence-corrected chi connectivity index (χ4v) is 1.78. The van der Waals surface area contributed by atoms with E-state index >= 15 is 0 Å². The number of ether oxygens (including phenoxy) is 1. The van der Waals surface area contributed by atoms with Gasteiger partial charge in [0.2, 0.25) is 11.8 Å². The second-order valence-electron chi connectivity index (χ2n) is 3.96. The van der Waals surface area contributed by atoms with Gasteiger partial charge in [-0.3, -0.25) is 4.79 Å². The van der Waals surface area contributed by atoms with Crippen molar-refractivity contribution in [3.8, 4) is 23.1 Å².